The Labute approximate surface area is 233 Å². The summed E-state index contributed by atoms with van der Waals surface area (Å²) < 4.78 is 7.74. The van der Waals surface area contributed by atoms with Crippen LogP contribution in [-0.2, 0) is 22.6 Å². The van der Waals surface area contributed by atoms with Gasteiger partial charge in [-0.1, -0.05) is 30.3 Å². The second kappa shape index (κ2) is 12.2. The quantitative estimate of drug-likeness (QED) is 0.258. The van der Waals surface area contributed by atoms with E-state index in [-0.39, 0.29) is 24.7 Å². The van der Waals surface area contributed by atoms with Crippen LogP contribution in [0.4, 0.5) is 10.5 Å². The normalized spacial score (nSPS) is 11.5. The van der Waals surface area contributed by atoms with E-state index in [0.29, 0.717) is 12.8 Å². The van der Waals surface area contributed by atoms with Gasteiger partial charge < -0.3 is 20.5 Å². The summed E-state index contributed by atoms with van der Waals surface area (Å²) in [6.07, 6.45) is -0.441. The Morgan fingerprint density at radius 2 is 1.64 bits per heavy atom. The van der Waals surface area contributed by atoms with Gasteiger partial charge in [-0.15, -0.1) is 0 Å². The van der Waals surface area contributed by atoms with Gasteiger partial charge in [-0.05, 0) is 122 Å². The fourth-order valence-corrected chi connectivity index (χ4v) is 5.62. The van der Waals surface area contributed by atoms with E-state index in [1.807, 2.05) is 101 Å². The highest BCUT2D eigenvalue weighted by molar-refractivity contribution is 14.1. The zero-order valence-electron chi connectivity index (χ0n) is 17.6. The van der Waals surface area contributed by atoms with Gasteiger partial charge in [-0.3, -0.25) is 4.79 Å². The monoisotopic (exact) mass is 782 g/mol. The number of halogens is 3. The number of benzene rings is 3. The molecule has 172 valence electrons. The van der Waals surface area contributed by atoms with Crippen LogP contribution in [0.3, 0.4) is 0 Å². The van der Waals surface area contributed by atoms with Crippen LogP contribution in [-0.4, -0.2) is 23.1 Å². The lowest BCUT2D eigenvalue weighted by Gasteiger charge is -2.20. The Morgan fingerprint density at radius 1 is 0.970 bits per heavy atom. The number of hydrogen-bond donors (Lipinski definition) is 3. The third-order valence-corrected chi connectivity index (χ3v) is 7.10. The second-order valence-corrected chi connectivity index (χ2v) is 10.9. The zero-order chi connectivity index (χ0) is 24.0. The minimum Gasteiger partial charge on any atom is -0.506 e. The summed E-state index contributed by atoms with van der Waals surface area (Å²) in [7, 11) is 0. The van der Waals surface area contributed by atoms with Crippen molar-refractivity contribution in [2.24, 2.45) is 0 Å². The summed E-state index contributed by atoms with van der Waals surface area (Å²) in [6.45, 7) is 2.02. The van der Waals surface area contributed by atoms with Crippen molar-refractivity contribution in [2.45, 2.75) is 26.0 Å². The van der Waals surface area contributed by atoms with E-state index >= 15 is 0 Å². The maximum Gasteiger partial charge on any atom is 0.408 e. The minimum atomic E-state index is -0.872. The van der Waals surface area contributed by atoms with Crippen molar-refractivity contribution in [1.29, 1.82) is 0 Å². The van der Waals surface area contributed by atoms with Gasteiger partial charge >= 0.3 is 6.09 Å². The number of phenolic OH excluding ortho intramolecular Hbond substituents is 1. The molecule has 3 rings (SSSR count). The lowest BCUT2D eigenvalue weighted by atomic mass is 10.0. The average molecular weight is 782 g/mol. The maximum absolute atomic E-state index is 13.2. The van der Waals surface area contributed by atoms with Crippen LogP contribution in [0.25, 0.3) is 0 Å². The molecule has 0 aromatic heterocycles. The lowest BCUT2D eigenvalue weighted by Crippen LogP contribution is -2.45. The number of carbonyl (C=O) groups excluding carboxylic acids is 2. The molecule has 0 aliphatic heterocycles. The number of aromatic hydroxyl groups is 1. The van der Waals surface area contributed by atoms with Gasteiger partial charge in [0.25, 0.3) is 0 Å². The molecule has 0 saturated carbocycles. The number of carbonyl (C=O) groups is 2. The molecule has 0 aliphatic rings. The predicted molar refractivity (Wildman–Crippen MR) is 153 cm³/mol. The van der Waals surface area contributed by atoms with Crippen molar-refractivity contribution in [3.63, 3.8) is 0 Å². The highest BCUT2D eigenvalue weighted by atomic mass is 127. The Bertz CT molecular complexity index is 1130. The Morgan fingerprint density at radius 3 is 2.27 bits per heavy atom. The van der Waals surface area contributed by atoms with Crippen LogP contribution in [0.2, 0.25) is 0 Å². The lowest BCUT2D eigenvalue weighted by molar-refractivity contribution is -0.118. The SMILES string of the molecule is Cc1cc(I)ccc1NC(=O)[C@H](Cc1cc(I)c(O)c(I)c1)NC(=O)OCc1ccccc1. The summed E-state index contributed by atoms with van der Waals surface area (Å²) in [5, 5.41) is 15.7. The first-order valence-corrected chi connectivity index (χ1v) is 13.2. The van der Waals surface area contributed by atoms with Gasteiger partial charge in [0.1, 0.15) is 18.4 Å². The number of aryl methyl sites for hydroxylation is 1. The van der Waals surface area contributed by atoms with Crippen molar-refractivity contribution < 1.29 is 19.4 Å². The topological polar surface area (TPSA) is 87.7 Å². The van der Waals surface area contributed by atoms with Gasteiger partial charge in [0.15, 0.2) is 0 Å². The fourth-order valence-electron chi connectivity index (χ4n) is 3.08. The Balaban J connectivity index is 1.77. The van der Waals surface area contributed by atoms with Crippen LogP contribution in [0.5, 0.6) is 5.75 Å². The standard InChI is InChI=1S/C24H21I3N2O4/c1-14-9-17(25)7-8-20(14)28-23(31)21(12-16-10-18(26)22(30)19(27)11-16)29-24(32)33-13-15-5-3-2-4-6-15/h2-11,21,30H,12-13H2,1H3,(H,28,31)(H,29,32)/t21-/m0/s1. The molecule has 3 aromatic carbocycles. The Kier molecular flexibility index (Phi) is 9.61. The van der Waals surface area contributed by atoms with E-state index in [1.165, 1.54) is 0 Å². The number of rotatable bonds is 7. The summed E-state index contributed by atoms with van der Waals surface area (Å²) in [6, 6.07) is 17.8. The van der Waals surface area contributed by atoms with E-state index in [0.717, 1.165) is 20.3 Å². The highest BCUT2D eigenvalue weighted by Gasteiger charge is 2.23. The molecule has 2 amide bonds. The molecule has 0 saturated heterocycles. The first-order valence-electron chi connectivity index (χ1n) is 9.94. The molecule has 3 N–H and O–H groups in total. The number of alkyl carbamates (subject to hydrolysis) is 1. The number of amides is 2. The van der Waals surface area contributed by atoms with Gasteiger partial charge in [-0.2, -0.15) is 0 Å². The molecular formula is C24H21I3N2O4. The molecule has 0 unspecified atom stereocenters. The van der Waals surface area contributed by atoms with Crippen LogP contribution < -0.4 is 10.6 Å². The van der Waals surface area contributed by atoms with Gasteiger partial charge in [0.2, 0.25) is 5.91 Å². The van der Waals surface area contributed by atoms with Gasteiger partial charge in [-0.25, -0.2) is 4.79 Å². The van der Waals surface area contributed by atoms with E-state index in [4.69, 9.17) is 4.74 Å². The summed E-state index contributed by atoms with van der Waals surface area (Å²) in [5.74, 6) is -0.153. The first-order chi connectivity index (χ1) is 15.7. The minimum absolute atomic E-state index is 0.103. The molecule has 0 bridgehead atoms. The summed E-state index contributed by atoms with van der Waals surface area (Å²) in [5.41, 5.74) is 3.27. The average Bonchev–Trinajstić information content (AvgIpc) is 2.78. The molecule has 3 aromatic rings. The molecule has 1 atom stereocenters. The number of anilines is 1. The van der Waals surface area contributed by atoms with E-state index in [1.54, 1.807) is 12.1 Å². The smallest absolute Gasteiger partial charge is 0.408 e. The molecular weight excluding hydrogens is 761 g/mol. The van der Waals surface area contributed by atoms with Crippen LogP contribution in [0.15, 0.2) is 60.7 Å². The van der Waals surface area contributed by atoms with E-state index in [9.17, 15) is 14.7 Å². The van der Waals surface area contributed by atoms with Crippen molar-refractivity contribution >= 4 is 85.5 Å². The summed E-state index contributed by atoms with van der Waals surface area (Å²) >= 11 is 6.30. The zero-order valence-corrected chi connectivity index (χ0v) is 24.0. The molecule has 6 nitrogen and oxygen atoms in total. The van der Waals surface area contributed by atoms with E-state index < -0.39 is 12.1 Å². The molecule has 33 heavy (non-hydrogen) atoms. The van der Waals surface area contributed by atoms with Crippen molar-refractivity contribution in [2.75, 3.05) is 5.32 Å². The fraction of sp³-hybridized carbons (Fsp3) is 0.167. The third-order valence-electron chi connectivity index (χ3n) is 4.78. The maximum atomic E-state index is 13.2. The van der Waals surface area contributed by atoms with Crippen molar-refractivity contribution in [1.82, 2.24) is 5.32 Å². The van der Waals surface area contributed by atoms with E-state index in [2.05, 4.69) is 33.2 Å². The third kappa shape index (κ3) is 7.70. The van der Waals surface area contributed by atoms with Crippen LogP contribution in [0, 0.1) is 17.6 Å². The highest BCUT2D eigenvalue weighted by Crippen LogP contribution is 2.28. The first kappa shape index (κ1) is 26.0. The number of ether oxygens (including phenoxy) is 1. The molecule has 0 aliphatic carbocycles. The van der Waals surface area contributed by atoms with Crippen LogP contribution in [0.1, 0.15) is 16.7 Å². The molecule has 0 fully saturated rings. The number of nitrogens with one attached hydrogen (secondary N) is 2. The number of phenols is 1. The second-order valence-electron chi connectivity index (χ2n) is 7.32. The van der Waals surface area contributed by atoms with Crippen molar-refractivity contribution in [3.05, 3.63) is 88.1 Å². The van der Waals surface area contributed by atoms with Gasteiger partial charge in [0, 0.05) is 15.7 Å². The number of hydrogen-bond acceptors (Lipinski definition) is 4. The summed E-state index contributed by atoms with van der Waals surface area (Å²) in [4.78, 5) is 25.7. The molecule has 0 spiro atoms. The van der Waals surface area contributed by atoms with Gasteiger partial charge in [0.05, 0.1) is 7.14 Å². The largest absolute Gasteiger partial charge is 0.506 e. The molecule has 0 heterocycles. The molecule has 0 radical (unpaired) electrons. The van der Waals surface area contributed by atoms with Crippen molar-refractivity contribution in [3.8, 4) is 5.75 Å². The van der Waals surface area contributed by atoms with Crippen LogP contribution >= 0.6 is 67.8 Å². The Hall–Kier alpha value is -1.61. The molecule has 9 heteroatoms. The predicted octanol–water partition coefficient (Wildman–Crippen LogP) is 5.99.